The van der Waals surface area contributed by atoms with Crippen LogP contribution in [0.15, 0.2) is 12.2 Å². The molecule has 2 N–H and O–H groups in total. The Balaban J connectivity index is 3.85. The lowest BCUT2D eigenvalue weighted by Crippen LogP contribution is -2.14. The van der Waals surface area contributed by atoms with Crippen molar-refractivity contribution in [3.63, 3.8) is 0 Å². The van der Waals surface area contributed by atoms with Crippen LogP contribution >= 0.6 is 0 Å². The van der Waals surface area contributed by atoms with Crippen LogP contribution in [0.3, 0.4) is 0 Å². The van der Waals surface area contributed by atoms with Crippen molar-refractivity contribution < 1.29 is 15.0 Å². The standard InChI is InChI=1S/C14H26O3/c1-4-6-7-12(5-2)10-13(15)9-8-11(3)14(16)17/h12-13,15H,3-10H2,1-2H3,(H,16,17). The molecule has 0 heterocycles. The van der Waals surface area contributed by atoms with Crippen molar-refractivity contribution in [2.75, 3.05) is 0 Å². The van der Waals surface area contributed by atoms with Gasteiger partial charge >= 0.3 is 5.97 Å². The van der Waals surface area contributed by atoms with Gasteiger partial charge in [-0.15, -0.1) is 0 Å². The van der Waals surface area contributed by atoms with Crippen molar-refractivity contribution in [1.29, 1.82) is 0 Å². The second-order valence-corrected chi connectivity index (χ2v) is 4.75. The number of unbranched alkanes of at least 4 members (excludes halogenated alkanes) is 1. The third-order valence-electron chi connectivity index (χ3n) is 3.23. The molecule has 0 aliphatic rings. The van der Waals surface area contributed by atoms with Gasteiger partial charge in [-0.25, -0.2) is 4.79 Å². The highest BCUT2D eigenvalue weighted by atomic mass is 16.4. The molecular weight excluding hydrogens is 216 g/mol. The lowest BCUT2D eigenvalue weighted by molar-refractivity contribution is -0.132. The molecule has 0 aromatic rings. The fourth-order valence-electron chi connectivity index (χ4n) is 1.93. The zero-order chi connectivity index (χ0) is 13.3. The fourth-order valence-corrected chi connectivity index (χ4v) is 1.93. The SMILES string of the molecule is C=C(CCC(O)CC(CC)CCCC)C(=O)O. The first-order valence-electron chi connectivity index (χ1n) is 6.60. The predicted octanol–water partition coefficient (Wildman–Crippen LogP) is 3.37. The van der Waals surface area contributed by atoms with Gasteiger partial charge in [0.05, 0.1) is 6.10 Å². The van der Waals surface area contributed by atoms with Gasteiger partial charge in [0, 0.05) is 5.57 Å². The van der Waals surface area contributed by atoms with Crippen LogP contribution in [-0.2, 0) is 4.79 Å². The zero-order valence-corrected chi connectivity index (χ0v) is 11.1. The molecule has 0 aliphatic carbocycles. The van der Waals surface area contributed by atoms with Crippen molar-refractivity contribution in [1.82, 2.24) is 0 Å². The molecule has 2 unspecified atom stereocenters. The van der Waals surface area contributed by atoms with Gasteiger partial charge in [-0.3, -0.25) is 0 Å². The Kier molecular flexibility index (Phi) is 8.78. The van der Waals surface area contributed by atoms with Gasteiger partial charge < -0.3 is 10.2 Å². The lowest BCUT2D eigenvalue weighted by Gasteiger charge is -2.18. The molecule has 0 bridgehead atoms. The smallest absolute Gasteiger partial charge is 0.330 e. The molecule has 0 aromatic carbocycles. The molecule has 0 aliphatic heterocycles. The quantitative estimate of drug-likeness (QED) is 0.577. The van der Waals surface area contributed by atoms with E-state index in [1.54, 1.807) is 0 Å². The van der Waals surface area contributed by atoms with Gasteiger partial charge in [0.2, 0.25) is 0 Å². The third-order valence-corrected chi connectivity index (χ3v) is 3.23. The van der Waals surface area contributed by atoms with E-state index in [0.29, 0.717) is 18.8 Å². The molecule has 2 atom stereocenters. The molecule has 3 heteroatoms. The van der Waals surface area contributed by atoms with Crippen molar-refractivity contribution in [2.45, 2.75) is 64.9 Å². The molecular formula is C14H26O3. The van der Waals surface area contributed by atoms with E-state index >= 15 is 0 Å². The van der Waals surface area contributed by atoms with Crippen molar-refractivity contribution >= 4 is 5.97 Å². The van der Waals surface area contributed by atoms with Gasteiger partial charge in [-0.05, 0) is 25.2 Å². The number of aliphatic carboxylic acids is 1. The second kappa shape index (κ2) is 9.23. The van der Waals surface area contributed by atoms with Crippen LogP contribution < -0.4 is 0 Å². The first kappa shape index (κ1) is 16.2. The van der Waals surface area contributed by atoms with E-state index in [0.717, 1.165) is 19.3 Å². The Morgan fingerprint density at radius 2 is 1.94 bits per heavy atom. The van der Waals surface area contributed by atoms with E-state index < -0.39 is 12.1 Å². The molecule has 0 spiro atoms. The molecule has 0 saturated carbocycles. The molecule has 100 valence electrons. The molecule has 0 radical (unpaired) electrons. The van der Waals surface area contributed by atoms with Gasteiger partial charge in [0.25, 0.3) is 0 Å². The minimum Gasteiger partial charge on any atom is -0.478 e. The summed E-state index contributed by atoms with van der Waals surface area (Å²) in [6, 6.07) is 0. The predicted molar refractivity (Wildman–Crippen MR) is 69.9 cm³/mol. The number of carbonyl (C=O) groups is 1. The first-order chi connectivity index (χ1) is 8.01. The molecule has 0 fully saturated rings. The molecule has 0 aromatic heterocycles. The van der Waals surface area contributed by atoms with Gasteiger partial charge in [-0.1, -0.05) is 46.1 Å². The number of rotatable bonds is 10. The number of hydrogen-bond donors (Lipinski definition) is 2. The molecule has 3 nitrogen and oxygen atoms in total. The number of hydrogen-bond acceptors (Lipinski definition) is 2. The fraction of sp³-hybridized carbons (Fsp3) is 0.786. The maximum absolute atomic E-state index is 10.6. The van der Waals surface area contributed by atoms with E-state index in [4.69, 9.17) is 5.11 Å². The maximum Gasteiger partial charge on any atom is 0.330 e. The van der Waals surface area contributed by atoms with Crippen LogP contribution in [0.2, 0.25) is 0 Å². The highest BCUT2D eigenvalue weighted by Gasteiger charge is 2.14. The minimum absolute atomic E-state index is 0.186. The van der Waals surface area contributed by atoms with Gasteiger partial charge in [0.15, 0.2) is 0 Å². The summed E-state index contributed by atoms with van der Waals surface area (Å²) in [7, 11) is 0. The zero-order valence-electron chi connectivity index (χ0n) is 11.1. The highest BCUT2D eigenvalue weighted by Crippen LogP contribution is 2.21. The summed E-state index contributed by atoms with van der Waals surface area (Å²) in [5.41, 5.74) is 0.186. The van der Waals surface area contributed by atoms with Gasteiger partial charge in [0.1, 0.15) is 0 Å². The summed E-state index contributed by atoms with van der Waals surface area (Å²) >= 11 is 0. The molecule has 0 rings (SSSR count). The summed E-state index contributed by atoms with van der Waals surface area (Å²) in [5.74, 6) is -0.404. The minimum atomic E-state index is -0.963. The van der Waals surface area contributed by atoms with Crippen LogP contribution in [0.1, 0.15) is 58.8 Å². The van der Waals surface area contributed by atoms with Crippen LogP contribution in [0, 0.1) is 5.92 Å². The largest absolute Gasteiger partial charge is 0.478 e. The Bertz CT molecular complexity index is 236. The summed E-state index contributed by atoms with van der Waals surface area (Å²) in [4.78, 5) is 10.6. The normalized spacial score (nSPS) is 14.3. The lowest BCUT2D eigenvalue weighted by atomic mass is 9.91. The van der Waals surface area contributed by atoms with E-state index in [2.05, 4.69) is 20.4 Å². The number of carboxylic acids is 1. The summed E-state index contributed by atoms with van der Waals surface area (Å²) in [6.45, 7) is 7.77. The highest BCUT2D eigenvalue weighted by molar-refractivity contribution is 5.85. The Morgan fingerprint density at radius 3 is 2.41 bits per heavy atom. The Morgan fingerprint density at radius 1 is 1.29 bits per heavy atom. The topological polar surface area (TPSA) is 57.5 Å². The average Bonchev–Trinajstić information content (AvgIpc) is 2.31. The summed E-state index contributed by atoms with van der Waals surface area (Å²) in [5, 5.41) is 18.5. The molecule has 17 heavy (non-hydrogen) atoms. The number of carboxylic acid groups (broad SMARTS) is 1. The monoisotopic (exact) mass is 242 g/mol. The van der Waals surface area contributed by atoms with Crippen molar-refractivity contribution in [3.8, 4) is 0 Å². The second-order valence-electron chi connectivity index (χ2n) is 4.75. The molecule has 0 saturated heterocycles. The first-order valence-corrected chi connectivity index (χ1v) is 6.60. The third kappa shape index (κ3) is 7.97. The summed E-state index contributed by atoms with van der Waals surface area (Å²) in [6.07, 6.45) is 5.89. The Labute approximate surface area is 105 Å². The van der Waals surface area contributed by atoms with E-state index in [1.165, 1.54) is 12.8 Å². The summed E-state index contributed by atoms with van der Waals surface area (Å²) < 4.78 is 0. The van der Waals surface area contributed by atoms with E-state index in [-0.39, 0.29) is 5.57 Å². The number of aliphatic hydroxyl groups excluding tert-OH is 1. The van der Waals surface area contributed by atoms with Crippen LogP contribution in [0.4, 0.5) is 0 Å². The van der Waals surface area contributed by atoms with Crippen molar-refractivity contribution in [3.05, 3.63) is 12.2 Å². The van der Waals surface area contributed by atoms with Crippen LogP contribution in [0.5, 0.6) is 0 Å². The van der Waals surface area contributed by atoms with Crippen molar-refractivity contribution in [2.24, 2.45) is 5.92 Å². The number of aliphatic hydroxyl groups is 1. The average molecular weight is 242 g/mol. The van der Waals surface area contributed by atoms with Crippen LogP contribution in [0.25, 0.3) is 0 Å². The maximum atomic E-state index is 10.6. The van der Waals surface area contributed by atoms with E-state index in [9.17, 15) is 9.90 Å². The van der Waals surface area contributed by atoms with Crippen LogP contribution in [-0.4, -0.2) is 22.3 Å². The van der Waals surface area contributed by atoms with E-state index in [1.807, 2.05) is 0 Å². The Hall–Kier alpha value is -0.830. The molecule has 0 amide bonds. The van der Waals surface area contributed by atoms with Gasteiger partial charge in [-0.2, -0.15) is 0 Å².